The van der Waals surface area contributed by atoms with Gasteiger partial charge in [-0.3, -0.25) is 4.79 Å². The van der Waals surface area contributed by atoms with Crippen LogP contribution in [0.25, 0.3) is 11.1 Å². The molecule has 0 N–H and O–H groups in total. The molecule has 0 aliphatic heterocycles. The number of nitriles is 1. The zero-order valence-corrected chi connectivity index (χ0v) is 10.9. The molecule has 0 aromatic heterocycles. The molecule has 0 amide bonds. The van der Waals surface area contributed by atoms with Gasteiger partial charge in [-0.15, -0.1) is 0 Å². The highest BCUT2D eigenvalue weighted by Crippen LogP contribution is 2.44. The fourth-order valence-electron chi connectivity index (χ4n) is 2.73. The van der Waals surface area contributed by atoms with Crippen LogP contribution in [0.3, 0.4) is 0 Å². The van der Waals surface area contributed by atoms with E-state index < -0.39 is 5.97 Å². The summed E-state index contributed by atoms with van der Waals surface area (Å²) in [7, 11) is 0. The number of carbonyl (C=O) groups is 1. The Morgan fingerprint density at radius 2 is 1.60 bits per heavy atom. The molecule has 0 heterocycles. The Bertz CT molecular complexity index is 655. The van der Waals surface area contributed by atoms with Crippen LogP contribution in [0.4, 0.5) is 0 Å². The second-order valence-electron chi connectivity index (χ2n) is 4.74. The van der Waals surface area contributed by atoms with E-state index in [1.807, 2.05) is 24.3 Å². The molecule has 0 fully saturated rings. The molecule has 1 aliphatic carbocycles. The zero-order chi connectivity index (χ0) is 13.9. The van der Waals surface area contributed by atoms with Gasteiger partial charge in [0.25, 0.3) is 0 Å². The third-order valence-corrected chi connectivity index (χ3v) is 3.60. The predicted octanol–water partition coefficient (Wildman–Crippen LogP) is 3.26. The highest BCUT2D eigenvalue weighted by atomic mass is 16.5. The van der Waals surface area contributed by atoms with Gasteiger partial charge in [0.1, 0.15) is 13.0 Å². The number of ether oxygens (including phenoxy) is 1. The number of rotatable bonds is 3. The first-order valence-electron chi connectivity index (χ1n) is 6.52. The number of benzene rings is 2. The molecule has 0 radical (unpaired) electrons. The normalized spacial score (nSPS) is 12.3. The first-order valence-corrected chi connectivity index (χ1v) is 6.52. The number of hydrogen-bond acceptors (Lipinski definition) is 3. The van der Waals surface area contributed by atoms with E-state index in [1.165, 1.54) is 22.3 Å². The monoisotopic (exact) mass is 263 g/mol. The maximum absolute atomic E-state index is 11.4. The summed E-state index contributed by atoms with van der Waals surface area (Å²) in [5, 5.41) is 8.49. The van der Waals surface area contributed by atoms with Gasteiger partial charge in [-0.1, -0.05) is 48.5 Å². The Hall–Kier alpha value is -2.60. The fraction of sp³-hybridized carbons (Fsp3) is 0.176. The van der Waals surface area contributed by atoms with E-state index in [1.54, 1.807) is 6.07 Å². The smallest absolute Gasteiger partial charge is 0.320 e. The molecule has 0 unspecified atom stereocenters. The summed E-state index contributed by atoms with van der Waals surface area (Å²) >= 11 is 0. The lowest BCUT2D eigenvalue weighted by molar-refractivity contribution is -0.142. The molecule has 2 aromatic rings. The van der Waals surface area contributed by atoms with Crippen molar-refractivity contribution in [2.24, 2.45) is 0 Å². The van der Waals surface area contributed by atoms with Crippen molar-refractivity contribution in [3.63, 3.8) is 0 Å². The molecule has 3 heteroatoms. The molecule has 3 nitrogen and oxygen atoms in total. The van der Waals surface area contributed by atoms with Crippen molar-refractivity contribution in [1.29, 1.82) is 5.26 Å². The topological polar surface area (TPSA) is 50.1 Å². The SMILES string of the molecule is N#CCC(=O)OCC1c2ccccc2-c2ccccc21. The van der Waals surface area contributed by atoms with E-state index in [0.717, 1.165) is 0 Å². The van der Waals surface area contributed by atoms with E-state index in [9.17, 15) is 4.79 Å². The van der Waals surface area contributed by atoms with Crippen molar-refractivity contribution in [3.8, 4) is 17.2 Å². The van der Waals surface area contributed by atoms with Crippen LogP contribution in [0.1, 0.15) is 23.5 Å². The Labute approximate surface area is 117 Å². The third-order valence-electron chi connectivity index (χ3n) is 3.60. The van der Waals surface area contributed by atoms with Gasteiger partial charge in [-0.25, -0.2) is 0 Å². The van der Waals surface area contributed by atoms with Crippen molar-refractivity contribution >= 4 is 5.97 Å². The van der Waals surface area contributed by atoms with Gasteiger partial charge in [0.05, 0.1) is 6.07 Å². The second kappa shape index (κ2) is 5.18. The summed E-state index contributed by atoms with van der Waals surface area (Å²) in [6, 6.07) is 18.1. The Morgan fingerprint density at radius 1 is 1.05 bits per heavy atom. The van der Waals surface area contributed by atoms with E-state index in [-0.39, 0.29) is 18.9 Å². The Balaban J connectivity index is 1.91. The van der Waals surface area contributed by atoms with Gasteiger partial charge in [0, 0.05) is 5.92 Å². The van der Waals surface area contributed by atoms with Gasteiger partial charge in [-0.2, -0.15) is 5.26 Å². The molecule has 20 heavy (non-hydrogen) atoms. The maximum Gasteiger partial charge on any atom is 0.320 e. The number of esters is 1. The van der Waals surface area contributed by atoms with E-state index in [0.29, 0.717) is 0 Å². The van der Waals surface area contributed by atoms with E-state index in [4.69, 9.17) is 10.00 Å². The summed E-state index contributed by atoms with van der Waals surface area (Å²) in [4.78, 5) is 11.4. The molecule has 3 rings (SSSR count). The van der Waals surface area contributed by atoms with Crippen molar-refractivity contribution in [1.82, 2.24) is 0 Å². The first-order chi connectivity index (χ1) is 9.81. The molecule has 0 atom stereocenters. The minimum absolute atomic E-state index is 0.0602. The van der Waals surface area contributed by atoms with E-state index >= 15 is 0 Å². The zero-order valence-electron chi connectivity index (χ0n) is 10.9. The molecule has 1 aliphatic rings. The first kappa shape index (κ1) is 12.4. The predicted molar refractivity (Wildman–Crippen MR) is 74.9 cm³/mol. The van der Waals surface area contributed by atoms with Crippen LogP contribution in [0.2, 0.25) is 0 Å². The van der Waals surface area contributed by atoms with E-state index in [2.05, 4.69) is 24.3 Å². The standard InChI is InChI=1S/C17H13NO2/c18-10-9-17(19)20-11-16-14-7-3-1-5-12(14)13-6-2-4-8-15(13)16/h1-8,16H,9,11H2. The van der Waals surface area contributed by atoms with Crippen LogP contribution in [-0.2, 0) is 9.53 Å². The molecule has 0 saturated carbocycles. The number of fused-ring (bicyclic) bond motifs is 3. The molecule has 0 bridgehead atoms. The quantitative estimate of drug-likeness (QED) is 0.799. The van der Waals surface area contributed by atoms with Crippen LogP contribution in [0, 0.1) is 11.3 Å². The van der Waals surface area contributed by atoms with Gasteiger partial charge < -0.3 is 4.74 Å². The number of carbonyl (C=O) groups excluding carboxylic acids is 1. The van der Waals surface area contributed by atoms with Crippen LogP contribution in [-0.4, -0.2) is 12.6 Å². The largest absolute Gasteiger partial charge is 0.464 e. The minimum atomic E-state index is -0.464. The Kier molecular flexibility index (Phi) is 3.22. The van der Waals surface area contributed by atoms with Gasteiger partial charge in [-0.05, 0) is 22.3 Å². The summed E-state index contributed by atoms with van der Waals surface area (Å²) in [5.74, 6) is -0.403. The lowest BCUT2D eigenvalue weighted by Gasteiger charge is -2.13. The van der Waals surface area contributed by atoms with Crippen LogP contribution in [0.5, 0.6) is 0 Å². The van der Waals surface area contributed by atoms with Crippen LogP contribution < -0.4 is 0 Å². The Morgan fingerprint density at radius 3 is 2.15 bits per heavy atom. The van der Waals surface area contributed by atoms with Gasteiger partial charge in [0.15, 0.2) is 0 Å². The molecular weight excluding hydrogens is 250 g/mol. The summed E-state index contributed by atoms with van der Waals surface area (Å²) < 4.78 is 5.22. The van der Waals surface area contributed by atoms with Crippen molar-refractivity contribution < 1.29 is 9.53 Å². The van der Waals surface area contributed by atoms with Crippen LogP contribution in [0.15, 0.2) is 48.5 Å². The van der Waals surface area contributed by atoms with Crippen LogP contribution >= 0.6 is 0 Å². The average Bonchev–Trinajstić information content (AvgIpc) is 2.80. The molecule has 0 saturated heterocycles. The van der Waals surface area contributed by atoms with Crippen molar-refractivity contribution in [2.75, 3.05) is 6.61 Å². The highest BCUT2D eigenvalue weighted by Gasteiger charge is 2.28. The maximum atomic E-state index is 11.4. The van der Waals surface area contributed by atoms with Crippen molar-refractivity contribution in [3.05, 3.63) is 59.7 Å². The van der Waals surface area contributed by atoms with Crippen molar-refractivity contribution in [2.45, 2.75) is 12.3 Å². The summed E-state index contributed by atoms with van der Waals surface area (Å²) in [6.07, 6.45) is -0.198. The van der Waals surface area contributed by atoms with Gasteiger partial charge >= 0.3 is 5.97 Å². The minimum Gasteiger partial charge on any atom is -0.464 e. The fourth-order valence-corrected chi connectivity index (χ4v) is 2.73. The number of hydrogen-bond donors (Lipinski definition) is 0. The summed E-state index contributed by atoms with van der Waals surface area (Å²) in [5.41, 5.74) is 4.76. The molecule has 98 valence electrons. The van der Waals surface area contributed by atoms with Gasteiger partial charge in [0.2, 0.25) is 0 Å². The lowest BCUT2D eigenvalue weighted by atomic mass is 9.98. The third kappa shape index (κ3) is 2.06. The lowest BCUT2D eigenvalue weighted by Crippen LogP contribution is -2.11. The summed E-state index contributed by atoms with van der Waals surface area (Å²) in [6.45, 7) is 0.286. The molecule has 2 aromatic carbocycles. The number of nitrogens with zero attached hydrogens (tertiary/aromatic N) is 1. The average molecular weight is 263 g/mol. The molecular formula is C17H13NO2. The second-order valence-corrected chi connectivity index (χ2v) is 4.74. The molecule has 0 spiro atoms. The highest BCUT2D eigenvalue weighted by molar-refractivity contribution is 5.79.